The minimum Gasteiger partial charge on any atom is -0.342 e. The molecule has 0 aliphatic heterocycles. The van der Waals surface area contributed by atoms with Gasteiger partial charge in [-0.25, -0.2) is 4.39 Å². The van der Waals surface area contributed by atoms with Gasteiger partial charge in [-0.05, 0) is 43.0 Å². The summed E-state index contributed by atoms with van der Waals surface area (Å²) in [6, 6.07) is 14.3. The molecular formula is C17H15BrFNO. The molecule has 3 rings (SSSR count). The highest BCUT2D eigenvalue weighted by atomic mass is 79.9. The van der Waals surface area contributed by atoms with Gasteiger partial charge in [0.25, 0.3) is 5.91 Å². The Morgan fingerprint density at radius 2 is 1.86 bits per heavy atom. The number of hydrogen-bond donors (Lipinski definition) is 1. The molecule has 2 nitrogen and oxygen atoms in total. The third kappa shape index (κ3) is 2.72. The molecule has 4 heteroatoms. The lowest BCUT2D eigenvalue weighted by Crippen LogP contribution is -2.50. The quantitative estimate of drug-likeness (QED) is 0.875. The standard InChI is InChI=1S/C17H15BrFNO/c18-13-7-8-15(19)14(11-13)16(21)20-17(9-4-10-17)12-5-2-1-3-6-12/h1-3,5-8,11H,4,9-10H2,(H,20,21). The zero-order chi connectivity index (χ0) is 14.9. The summed E-state index contributed by atoms with van der Waals surface area (Å²) in [5.74, 6) is -0.865. The SMILES string of the molecule is O=C(NC1(c2ccccc2)CCC1)c1cc(Br)ccc1F. The second-order valence-electron chi connectivity index (χ2n) is 5.38. The molecule has 1 saturated carbocycles. The highest BCUT2D eigenvalue weighted by Gasteiger charge is 2.40. The van der Waals surface area contributed by atoms with E-state index in [0.717, 1.165) is 24.8 Å². The van der Waals surface area contributed by atoms with Crippen LogP contribution >= 0.6 is 15.9 Å². The van der Waals surface area contributed by atoms with Crippen molar-refractivity contribution in [2.24, 2.45) is 0 Å². The van der Waals surface area contributed by atoms with Crippen molar-refractivity contribution in [2.75, 3.05) is 0 Å². The summed E-state index contributed by atoms with van der Waals surface area (Å²) in [5, 5.41) is 3.03. The summed E-state index contributed by atoms with van der Waals surface area (Å²) in [4.78, 5) is 12.4. The molecule has 0 saturated heterocycles. The van der Waals surface area contributed by atoms with Crippen LogP contribution in [0.2, 0.25) is 0 Å². The molecule has 0 heterocycles. The molecule has 0 radical (unpaired) electrons. The minimum atomic E-state index is -0.502. The van der Waals surface area contributed by atoms with Crippen molar-refractivity contribution in [1.82, 2.24) is 5.32 Å². The lowest BCUT2D eigenvalue weighted by molar-refractivity contribution is 0.0819. The lowest BCUT2D eigenvalue weighted by atomic mass is 9.71. The number of halogens is 2. The van der Waals surface area contributed by atoms with Gasteiger partial charge in [0, 0.05) is 4.47 Å². The first-order valence-electron chi connectivity index (χ1n) is 6.94. The summed E-state index contributed by atoms with van der Waals surface area (Å²) in [6.07, 6.45) is 2.84. The van der Waals surface area contributed by atoms with Crippen LogP contribution in [0.15, 0.2) is 53.0 Å². The third-order valence-electron chi connectivity index (χ3n) is 4.06. The maximum absolute atomic E-state index is 13.8. The van der Waals surface area contributed by atoms with Crippen molar-refractivity contribution in [3.05, 3.63) is 69.9 Å². The van der Waals surface area contributed by atoms with Crippen LogP contribution in [0.3, 0.4) is 0 Å². The van der Waals surface area contributed by atoms with Gasteiger partial charge in [0.2, 0.25) is 0 Å². The van der Waals surface area contributed by atoms with Gasteiger partial charge in [0.05, 0.1) is 11.1 Å². The van der Waals surface area contributed by atoms with E-state index in [-0.39, 0.29) is 17.0 Å². The first kappa shape index (κ1) is 14.3. The fourth-order valence-corrected chi connectivity index (χ4v) is 3.09. The molecule has 1 amide bonds. The zero-order valence-corrected chi connectivity index (χ0v) is 13.0. The van der Waals surface area contributed by atoms with Crippen LogP contribution in [0.1, 0.15) is 35.2 Å². The highest BCUT2D eigenvalue weighted by Crippen LogP contribution is 2.41. The highest BCUT2D eigenvalue weighted by molar-refractivity contribution is 9.10. The summed E-state index contributed by atoms with van der Waals surface area (Å²) >= 11 is 3.27. The molecule has 0 bridgehead atoms. The number of benzene rings is 2. The van der Waals surface area contributed by atoms with Crippen molar-refractivity contribution in [1.29, 1.82) is 0 Å². The van der Waals surface area contributed by atoms with Crippen molar-refractivity contribution in [3.63, 3.8) is 0 Å². The first-order chi connectivity index (χ1) is 10.1. The normalized spacial score (nSPS) is 16.1. The van der Waals surface area contributed by atoms with Gasteiger partial charge < -0.3 is 5.32 Å². The van der Waals surface area contributed by atoms with Gasteiger partial charge in [-0.1, -0.05) is 46.3 Å². The van der Waals surface area contributed by atoms with Crippen molar-refractivity contribution >= 4 is 21.8 Å². The van der Waals surface area contributed by atoms with Crippen LogP contribution in [-0.2, 0) is 5.54 Å². The Labute approximate surface area is 131 Å². The third-order valence-corrected chi connectivity index (χ3v) is 4.55. The smallest absolute Gasteiger partial charge is 0.254 e. The van der Waals surface area contributed by atoms with Crippen LogP contribution in [0, 0.1) is 5.82 Å². The molecule has 2 aromatic rings. The van der Waals surface area contributed by atoms with E-state index >= 15 is 0 Å². The summed E-state index contributed by atoms with van der Waals surface area (Å²) in [5.41, 5.74) is 0.805. The van der Waals surface area contributed by atoms with E-state index in [0.29, 0.717) is 4.47 Å². The molecule has 21 heavy (non-hydrogen) atoms. The average molecular weight is 348 g/mol. The van der Waals surface area contributed by atoms with Crippen LogP contribution in [0.25, 0.3) is 0 Å². The number of carbonyl (C=O) groups excluding carboxylic acids is 1. The van der Waals surface area contributed by atoms with E-state index in [1.165, 1.54) is 12.1 Å². The van der Waals surface area contributed by atoms with Gasteiger partial charge in [-0.2, -0.15) is 0 Å². The van der Waals surface area contributed by atoms with Gasteiger partial charge in [-0.3, -0.25) is 4.79 Å². The van der Waals surface area contributed by atoms with Crippen molar-refractivity contribution in [3.8, 4) is 0 Å². The fourth-order valence-electron chi connectivity index (χ4n) is 2.73. The van der Waals surface area contributed by atoms with Crippen LogP contribution in [0.5, 0.6) is 0 Å². The number of nitrogens with one attached hydrogen (secondary N) is 1. The predicted octanol–water partition coefficient (Wildman–Crippen LogP) is 4.40. The lowest BCUT2D eigenvalue weighted by Gasteiger charge is -2.43. The molecule has 0 atom stereocenters. The number of rotatable bonds is 3. The number of carbonyl (C=O) groups is 1. The minimum absolute atomic E-state index is 0.0755. The summed E-state index contributed by atoms with van der Waals surface area (Å²) in [7, 11) is 0. The van der Waals surface area contributed by atoms with Crippen molar-refractivity contribution < 1.29 is 9.18 Å². The maximum atomic E-state index is 13.8. The molecule has 1 aliphatic carbocycles. The molecule has 2 aromatic carbocycles. The number of amides is 1. The van der Waals surface area contributed by atoms with E-state index in [9.17, 15) is 9.18 Å². The molecule has 1 N–H and O–H groups in total. The Bertz CT molecular complexity index is 668. The topological polar surface area (TPSA) is 29.1 Å². The molecule has 1 fully saturated rings. The monoisotopic (exact) mass is 347 g/mol. The van der Waals surface area contributed by atoms with E-state index < -0.39 is 5.82 Å². The Kier molecular flexibility index (Phi) is 3.81. The molecule has 1 aliphatic rings. The van der Waals surface area contributed by atoms with Gasteiger partial charge in [0.1, 0.15) is 5.82 Å². The predicted molar refractivity (Wildman–Crippen MR) is 83.5 cm³/mol. The largest absolute Gasteiger partial charge is 0.342 e. The van der Waals surface area contributed by atoms with E-state index in [1.807, 2.05) is 30.3 Å². The summed E-state index contributed by atoms with van der Waals surface area (Å²) < 4.78 is 14.5. The van der Waals surface area contributed by atoms with E-state index in [2.05, 4.69) is 21.2 Å². The van der Waals surface area contributed by atoms with Crippen molar-refractivity contribution in [2.45, 2.75) is 24.8 Å². The van der Waals surface area contributed by atoms with Gasteiger partial charge >= 0.3 is 0 Å². The second kappa shape index (κ2) is 5.60. The van der Waals surface area contributed by atoms with Crippen LogP contribution < -0.4 is 5.32 Å². The molecule has 108 valence electrons. The Morgan fingerprint density at radius 1 is 1.14 bits per heavy atom. The second-order valence-corrected chi connectivity index (χ2v) is 6.30. The first-order valence-corrected chi connectivity index (χ1v) is 7.73. The zero-order valence-electron chi connectivity index (χ0n) is 11.4. The van der Waals surface area contributed by atoms with Gasteiger partial charge in [0.15, 0.2) is 0 Å². The fraction of sp³-hybridized carbons (Fsp3) is 0.235. The molecule has 0 aromatic heterocycles. The van der Waals surface area contributed by atoms with E-state index in [4.69, 9.17) is 0 Å². The molecular weight excluding hydrogens is 333 g/mol. The Hall–Kier alpha value is -1.68. The molecule has 0 spiro atoms. The van der Waals surface area contributed by atoms with E-state index in [1.54, 1.807) is 6.07 Å². The Morgan fingerprint density at radius 3 is 2.48 bits per heavy atom. The van der Waals surface area contributed by atoms with Crippen LogP contribution in [-0.4, -0.2) is 5.91 Å². The maximum Gasteiger partial charge on any atom is 0.254 e. The Balaban J connectivity index is 1.88. The average Bonchev–Trinajstić information content (AvgIpc) is 2.46. The van der Waals surface area contributed by atoms with Gasteiger partial charge in [-0.15, -0.1) is 0 Å². The number of hydrogen-bond acceptors (Lipinski definition) is 1. The molecule has 0 unspecified atom stereocenters. The van der Waals surface area contributed by atoms with Crippen LogP contribution in [0.4, 0.5) is 4.39 Å². The summed E-state index contributed by atoms with van der Waals surface area (Å²) in [6.45, 7) is 0.